The number of benzene rings is 1. The Morgan fingerprint density at radius 1 is 1.47 bits per heavy atom. The molecule has 0 aromatic heterocycles. The number of aliphatic hydroxyl groups excluding tert-OH is 1. The summed E-state index contributed by atoms with van der Waals surface area (Å²) in [6.45, 7) is -0.812. The monoisotopic (exact) mass is 288 g/mol. The standard InChI is InChI=1S/C10H9ClN2O6/c11-8-5(2-1-3-7(8)13(18)19)9(15)12-6(4-14)10(16)17/h1-3,6,14H,4H2,(H,12,15)(H,16,17). The van der Waals surface area contributed by atoms with Gasteiger partial charge in [0, 0.05) is 6.07 Å². The maximum absolute atomic E-state index is 11.7. The summed E-state index contributed by atoms with van der Waals surface area (Å²) in [5.74, 6) is -2.35. The number of hydrogen-bond donors (Lipinski definition) is 3. The van der Waals surface area contributed by atoms with Gasteiger partial charge in [-0.2, -0.15) is 0 Å². The number of carbonyl (C=O) groups excluding carboxylic acids is 1. The molecule has 0 heterocycles. The quantitative estimate of drug-likeness (QED) is 0.532. The highest BCUT2D eigenvalue weighted by Crippen LogP contribution is 2.27. The average molecular weight is 289 g/mol. The molecule has 1 atom stereocenters. The van der Waals surface area contributed by atoms with E-state index < -0.39 is 40.2 Å². The van der Waals surface area contributed by atoms with Crippen molar-refractivity contribution in [2.45, 2.75) is 6.04 Å². The predicted molar refractivity (Wildman–Crippen MR) is 64.1 cm³/mol. The zero-order chi connectivity index (χ0) is 14.6. The Morgan fingerprint density at radius 3 is 2.58 bits per heavy atom. The number of halogens is 1. The first-order valence-electron chi connectivity index (χ1n) is 4.96. The Kier molecular flexibility index (Phi) is 4.79. The van der Waals surface area contributed by atoms with Crippen LogP contribution in [0.3, 0.4) is 0 Å². The molecule has 102 valence electrons. The summed E-state index contributed by atoms with van der Waals surface area (Å²) in [5.41, 5.74) is -0.708. The summed E-state index contributed by atoms with van der Waals surface area (Å²) >= 11 is 5.69. The van der Waals surface area contributed by atoms with Gasteiger partial charge in [0.05, 0.1) is 17.1 Å². The van der Waals surface area contributed by atoms with Gasteiger partial charge in [-0.15, -0.1) is 0 Å². The Balaban J connectivity index is 3.04. The number of hydrogen-bond acceptors (Lipinski definition) is 5. The summed E-state index contributed by atoms with van der Waals surface area (Å²) in [4.78, 5) is 32.2. The third kappa shape index (κ3) is 3.39. The van der Waals surface area contributed by atoms with Crippen molar-refractivity contribution in [1.29, 1.82) is 0 Å². The van der Waals surface area contributed by atoms with Crippen LogP contribution in [0.4, 0.5) is 5.69 Å². The first kappa shape index (κ1) is 14.9. The minimum absolute atomic E-state index is 0.240. The smallest absolute Gasteiger partial charge is 0.328 e. The molecule has 1 rings (SSSR count). The molecule has 0 aliphatic heterocycles. The minimum Gasteiger partial charge on any atom is -0.480 e. The number of carbonyl (C=O) groups is 2. The van der Waals surface area contributed by atoms with Crippen LogP contribution < -0.4 is 5.32 Å². The van der Waals surface area contributed by atoms with Crippen LogP contribution >= 0.6 is 11.6 Å². The second-order valence-corrected chi connectivity index (χ2v) is 3.82. The number of nitrogens with zero attached hydrogens (tertiary/aromatic N) is 1. The number of rotatable bonds is 5. The highest BCUT2D eigenvalue weighted by Gasteiger charge is 2.24. The summed E-state index contributed by atoms with van der Waals surface area (Å²) in [6.07, 6.45) is 0. The summed E-state index contributed by atoms with van der Waals surface area (Å²) in [7, 11) is 0. The molecule has 3 N–H and O–H groups in total. The van der Waals surface area contributed by atoms with Crippen molar-refractivity contribution in [3.05, 3.63) is 38.9 Å². The van der Waals surface area contributed by atoms with Crippen LogP contribution in [0.2, 0.25) is 5.02 Å². The Morgan fingerprint density at radius 2 is 2.11 bits per heavy atom. The van der Waals surface area contributed by atoms with Gasteiger partial charge < -0.3 is 15.5 Å². The molecule has 0 aliphatic carbocycles. The predicted octanol–water partition coefficient (Wildman–Crippen LogP) is 0.424. The zero-order valence-electron chi connectivity index (χ0n) is 9.37. The van der Waals surface area contributed by atoms with Gasteiger partial charge in [0.2, 0.25) is 0 Å². The van der Waals surface area contributed by atoms with Gasteiger partial charge >= 0.3 is 5.97 Å². The van der Waals surface area contributed by atoms with Gasteiger partial charge in [-0.05, 0) is 6.07 Å². The van der Waals surface area contributed by atoms with E-state index >= 15 is 0 Å². The highest BCUT2D eigenvalue weighted by atomic mass is 35.5. The lowest BCUT2D eigenvalue weighted by molar-refractivity contribution is -0.384. The number of aliphatic carboxylic acids is 1. The molecule has 0 saturated heterocycles. The molecule has 1 unspecified atom stereocenters. The van der Waals surface area contributed by atoms with E-state index in [1.165, 1.54) is 12.1 Å². The molecule has 0 aliphatic rings. The van der Waals surface area contributed by atoms with Crippen molar-refractivity contribution in [2.75, 3.05) is 6.61 Å². The fourth-order valence-corrected chi connectivity index (χ4v) is 1.54. The molecule has 1 amide bonds. The molecule has 0 fully saturated rings. The topological polar surface area (TPSA) is 130 Å². The maximum Gasteiger partial charge on any atom is 0.328 e. The van der Waals surface area contributed by atoms with Crippen LogP contribution in [0.15, 0.2) is 18.2 Å². The molecule has 0 spiro atoms. The van der Waals surface area contributed by atoms with Crippen molar-refractivity contribution in [3.63, 3.8) is 0 Å². The first-order valence-corrected chi connectivity index (χ1v) is 5.33. The van der Waals surface area contributed by atoms with Crippen LogP contribution in [-0.4, -0.2) is 39.7 Å². The van der Waals surface area contributed by atoms with Crippen molar-refractivity contribution >= 4 is 29.2 Å². The van der Waals surface area contributed by atoms with Crippen LogP contribution in [0.5, 0.6) is 0 Å². The van der Waals surface area contributed by atoms with Crippen molar-refractivity contribution in [3.8, 4) is 0 Å². The van der Waals surface area contributed by atoms with Crippen LogP contribution in [0.1, 0.15) is 10.4 Å². The van der Waals surface area contributed by atoms with E-state index in [-0.39, 0.29) is 5.56 Å². The molecular formula is C10H9ClN2O6. The normalized spacial score (nSPS) is 11.7. The summed E-state index contributed by atoms with van der Waals surface area (Å²) in [5, 5.41) is 29.7. The zero-order valence-corrected chi connectivity index (χ0v) is 10.1. The van der Waals surface area contributed by atoms with Crippen molar-refractivity contribution in [2.24, 2.45) is 0 Å². The SMILES string of the molecule is O=C(NC(CO)C(=O)O)c1cccc([N+](=O)[O-])c1Cl. The lowest BCUT2D eigenvalue weighted by atomic mass is 10.1. The number of carboxylic acids is 1. The van der Waals surface area contributed by atoms with E-state index in [0.29, 0.717) is 0 Å². The second kappa shape index (κ2) is 6.12. The summed E-state index contributed by atoms with van der Waals surface area (Å²) < 4.78 is 0. The first-order chi connectivity index (χ1) is 8.88. The van der Waals surface area contributed by atoms with Gasteiger partial charge in [-0.3, -0.25) is 14.9 Å². The summed E-state index contributed by atoms with van der Waals surface area (Å²) in [6, 6.07) is 2.05. The van der Waals surface area contributed by atoms with E-state index in [1.807, 2.05) is 5.32 Å². The van der Waals surface area contributed by atoms with Gasteiger partial charge in [0.15, 0.2) is 6.04 Å². The molecule has 0 bridgehead atoms. The molecule has 1 aromatic rings. The van der Waals surface area contributed by atoms with Gasteiger partial charge in [-0.1, -0.05) is 17.7 Å². The molecular weight excluding hydrogens is 280 g/mol. The van der Waals surface area contributed by atoms with Crippen molar-refractivity contribution < 1.29 is 24.7 Å². The Labute approximate surface area is 111 Å². The third-order valence-electron chi connectivity index (χ3n) is 2.21. The fourth-order valence-electron chi connectivity index (χ4n) is 1.26. The average Bonchev–Trinajstić information content (AvgIpc) is 2.35. The highest BCUT2D eigenvalue weighted by molar-refractivity contribution is 6.35. The number of carboxylic acid groups (broad SMARTS) is 1. The largest absolute Gasteiger partial charge is 0.480 e. The number of amides is 1. The molecule has 9 heteroatoms. The lowest BCUT2D eigenvalue weighted by Gasteiger charge is -2.12. The van der Waals surface area contributed by atoms with E-state index in [9.17, 15) is 19.7 Å². The number of nitro benzene ring substituents is 1. The van der Waals surface area contributed by atoms with Gasteiger partial charge in [0.25, 0.3) is 11.6 Å². The van der Waals surface area contributed by atoms with Crippen molar-refractivity contribution in [1.82, 2.24) is 5.32 Å². The van der Waals surface area contributed by atoms with E-state index in [4.69, 9.17) is 21.8 Å². The Hall–Kier alpha value is -2.19. The lowest BCUT2D eigenvalue weighted by Crippen LogP contribution is -2.43. The fraction of sp³-hybridized carbons (Fsp3) is 0.200. The molecule has 0 saturated carbocycles. The Bertz CT molecular complexity index is 533. The third-order valence-corrected chi connectivity index (χ3v) is 2.60. The van der Waals surface area contributed by atoms with Crippen LogP contribution in [-0.2, 0) is 4.79 Å². The van der Waals surface area contributed by atoms with Gasteiger partial charge in [0.1, 0.15) is 5.02 Å². The number of aliphatic hydroxyl groups is 1. The van der Waals surface area contributed by atoms with E-state index in [2.05, 4.69) is 0 Å². The van der Waals surface area contributed by atoms with Crippen LogP contribution in [0.25, 0.3) is 0 Å². The van der Waals surface area contributed by atoms with Crippen LogP contribution in [0, 0.1) is 10.1 Å². The minimum atomic E-state index is -1.51. The molecule has 1 aromatic carbocycles. The van der Waals surface area contributed by atoms with Gasteiger partial charge in [-0.25, -0.2) is 4.79 Å². The molecule has 0 radical (unpaired) electrons. The van der Waals surface area contributed by atoms with E-state index in [1.54, 1.807) is 0 Å². The number of nitro groups is 1. The number of nitrogens with one attached hydrogen (secondary N) is 1. The molecule has 19 heavy (non-hydrogen) atoms. The van der Waals surface area contributed by atoms with E-state index in [0.717, 1.165) is 6.07 Å². The molecule has 8 nitrogen and oxygen atoms in total. The maximum atomic E-state index is 11.7. The second-order valence-electron chi connectivity index (χ2n) is 3.44.